The zero-order valence-electron chi connectivity index (χ0n) is 10.6. The van der Waals surface area contributed by atoms with E-state index in [1.807, 2.05) is 0 Å². The maximum Gasteiger partial charge on any atom is 0.350 e. The van der Waals surface area contributed by atoms with Crippen LogP contribution < -0.4 is 11.0 Å². The first-order chi connectivity index (χ1) is 9.11. The highest BCUT2D eigenvalue weighted by Gasteiger charge is 2.12. The van der Waals surface area contributed by atoms with Crippen LogP contribution in [0.5, 0.6) is 0 Å². The average molecular weight is 264 g/mol. The zero-order valence-corrected chi connectivity index (χ0v) is 10.6. The molecule has 2 heterocycles. The number of rotatable bonds is 5. The summed E-state index contributed by atoms with van der Waals surface area (Å²) in [5, 5.41) is 15.5. The summed E-state index contributed by atoms with van der Waals surface area (Å²) in [6, 6.07) is 5.06. The van der Waals surface area contributed by atoms with Gasteiger partial charge in [0.2, 0.25) is 5.91 Å². The van der Waals surface area contributed by atoms with Crippen molar-refractivity contribution in [3.05, 3.63) is 34.9 Å². The van der Waals surface area contributed by atoms with E-state index in [4.69, 9.17) is 5.11 Å². The van der Waals surface area contributed by atoms with Gasteiger partial charge in [-0.05, 0) is 25.5 Å². The monoisotopic (exact) mass is 264 g/mol. The second kappa shape index (κ2) is 5.66. The zero-order chi connectivity index (χ0) is 13.8. The quantitative estimate of drug-likeness (QED) is 0.753. The molecular weight excluding hydrogens is 248 g/mol. The molecule has 2 N–H and O–H groups in total. The number of carbonyl (C=O) groups excluding carboxylic acids is 1. The molecule has 0 radical (unpaired) electrons. The van der Waals surface area contributed by atoms with Crippen LogP contribution in [-0.4, -0.2) is 37.8 Å². The smallest absolute Gasteiger partial charge is 0.350 e. The molecule has 1 amide bonds. The van der Waals surface area contributed by atoms with E-state index in [2.05, 4.69) is 10.4 Å². The van der Waals surface area contributed by atoms with Gasteiger partial charge in [-0.3, -0.25) is 9.20 Å². The Kier molecular flexibility index (Phi) is 3.96. The van der Waals surface area contributed by atoms with Gasteiger partial charge >= 0.3 is 5.69 Å². The Balaban J connectivity index is 2.11. The van der Waals surface area contributed by atoms with E-state index < -0.39 is 0 Å². The summed E-state index contributed by atoms with van der Waals surface area (Å²) in [6.07, 6.45) is 2.08. The van der Waals surface area contributed by atoms with Gasteiger partial charge in [0, 0.05) is 18.8 Å². The van der Waals surface area contributed by atoms with E-state index in [-0.39, 0.29) is 30.8 Å². The molecule has 7 nitrogen and oxygen atoms in total. The Morgan fingerprint density at radius 3 is 3.00 bits per heavy atom. The van der Waals surface area contributed by atoms with Crippen molar-refractivity contribution in [3.8, 4) is 0 Å². The van der Waals surface area contributed by atoms with Crippen LogP contribution in [0, 0.1) is 0 Å². The molecule has 1 unspecified atom stereocenters. The maximum absolute atomic E-state index is 11.9. The van der Waals surface area contributed by atoms with Gasteiger partial charge in [-0.15, -0.1) is 5.10 Å². The third-order valence-electron chi connectivity index (χ3n) is 2.75. The van der Waals surface area contributed by atoms with E-state index in [9.17, 15) is 9.59 Å². The number of fused-ring (bicyclic) bond motifs is 1. The fourth-order valence-electron chi connectivity index (χ4n) is 1.79. The molecule has 0 bridgehead atoms. The highest BCUT2D eigenvalue weighted by Crippen LogP contribution is 1.95. The van der Waals surface area contributed by atoms with Crippen LogP contribution in [0.1, 0.15) is 13.3 Å². The molecule has 7 heteroatoms. The molecule has 2 aromatic rings. The molecule has 0 aliphatic carbocycles. The Morgan fingerprint density at radius 2 is 2.32 bits per heavy atom. The Morgan fingerprint density at radius 1 is 1.53 bits per heavy atom. The molecule has 102 valence electrons. The van der Waals surface area contributed by atoms with Crippen molar-refractivity contribution in [1.29, 1.82) is 0 Å². The lowest BCUT2D eigenvalue weighted by atomic mass is 10.2. The van der Waals surface area contributed by atoms with Crippen LogP contribution in [0.3, 0.4) is 0 Å². The maximum atomic E-state index is 11.9. The molecule has 1 atom stereocenters. The molecule has 19 heavy (non-hydrogen) atoms. The molecule has 2 rings (SSSR count). The van der Waals surface area contributed by atoms with Crippen molar-refractivity contribution < 1.29 is 9.90 Å². The largest absolute Gasteiger partial charge is 0.396 e. The summed E-state index contributed by atoms with van der Waals surface area (Å²) < 4.78 is 2.50. The third kappa shape index (κ3) is 3.00. The van der Waals surface area contributed by atoms with Gasteiger partial charge < -0.3 is 10.4 Å². The van der Waals surface area contributed by atoms with Gasteiger partial charge in [-0.1, -0.05) is 6.07 Å². The number of aliphatic hydroxyl groups excluding tert-OH is 1. The van der Waals surface area contributed by atoms with E-state index >= 15 is 0 Å². The van der Waals surface area contributed by atoms with Gasteiger partial charge in [0.15, 0.2) is 5.65 Å². The Labute approximate surface area is 109 Å². The average Bonchev–Trinajstić information content (AvgIpc) is 2.67. The SMILES string of the molecule is CC(CCO)NC(=O)Cn1nc2ccccn2c1=O. The minimum Gasteiger partial charge on any atom is -0.396 e. The lowest BCUT2D eigenvalue weighted by Gasteiger charge is -2.11. The molecule has 0 aliphatic rings. The highest BCUT2D eigenvalue weighted by atomic mass is 16.3. The number of nitrogens with one attached hydrogen (secondary N) is 1. The molecule has 0 aliphatic heterocycles. The summed E-state index contributed by atoms with van der Waals surface area (Å²) in [5.41, 5.74) is 0.157. The topological polar surface area (TPSA) is 88.6 Å². The first-order valence-corrected chi connectivity index (χ1v) is 6.06. The summed E-state index contributed by atoms with van der Waals surface area (Å²) in [5.74, 6) is -0.300. The Bertz CT molecular complexity index is 631. The minimum atomic E-state index is -0.347. The molecule has 0 saturated carbocycles. The fraction of sp³-hybridized carbons (Fsp3) is 0.417. The van der Waals surface area contributed by atoms with Gasteiger partial charge in [-0.25, -0.2) is 9.48 Å². The second-order valence-electron chi connectivity index (χ2n) is 4.35. The summed E-state index contributed by atoms with van der Waals surface area (Å²) >= 11 is 0. The van der Waals surface area contributed by atoms with Crippen LogP contribution in [0.2, 0.25) is 0 Å². The molecule has 0 fully saturated rings. The standard InChI is InChI=1S/C12H16N4O3/c1-9(5-7-17)13-11(18)8-16-12(19)15-6-3-2-4-10(15)14-16/h2-4,6,9,17H,5,7-8H2,1H3,(H,13,18). The van der Waals surface area contributed by atoms with E-state index in [1.54, 1.807) is 31.3 Å². The number of nitrogens with zero attached hydrogens (tertiary/aromatic N) is 3. The van der Waals surface area contributed by atoms with Crippen LogP contribution in [0.25, 0.3) is 5.65 Å². The van der Waals surface area contributed by atoms with Crippen molar-refractivity contribution in [2.75, 3.05) is 6.61 Å². The van der Waals surface area contributed by atoms with Gasteiger partial charge in [0.25, 0.3) is 0 Å². The van der Waals surface area contributed by atoms with Crippen molar-refractivity contribution in [2.45, 2.75) is 25.9 Å². The van der Waals surface area contributed by atoms with Crippen molar-refractivity contribution in [3.63, 3.8) is 0 Å². The predicted molar refractivity (Wildman–Crippen MR) is 68.8 cm³/mol. The normalized spacial score (nSPS) is 12.5. The van der Waals surface area contributed by atoms with Crippen molar-refractivity contribution >= 4 is 11.6 Å². The minimum absolute atomic E-state index is 0.00968. The molecule has 2 aromatic heterocycles. The first kappa shape index (κ1) is 13.3. The van der Waals surface area contributed by atoms with Crippen LogP contribution >= 0.6 is 0 Å². The second-order valence-corrected chi connectivity index (χ2v) is 4.35. The number of aliphatic hydroxyl groups is 1. The summed E-state index contributed by atoms with van der Waals surface area (Å²) in [6.45, 7) is 1.67. The fourth-order valence-corrected chi connectivity index (χ4v) is 1.79. The van der Waals surface area contributed by atoms with Crippen LogP contribution in [-0.2, 0) is 11.3 Å². The van der Waals surface area contributed by atoms with Gasteiger partial charge in [0.1, 0.15) is 6.54 Å². The Hall–Kier alpha value is -2.15. The number of amides is 1. The lowest BCUT2D eigenvalue weighted by molar-refractivity contribution is -0.122. The molecule has 0 spiro atoms. The van der Waals surface area contributed by atoms with E-state index in [0.717, 1.165) is 4.68 Å². The molecular formula is C12H16N4O3. The van der Waals surface area contributed by atoms with E-state index in [1.165, 1.54) is 4.40 Å². The number of pyridine rings is 1. The van der Waals surface area contributed by atoms with Gasteiger partial charge in [-0.2, -0.15) is 0 Å². The number of carbonyl (C=O) groups is 1. The molecule has 0 aromatic carbocycles. The van der Waals surface area contributed by atoms with Gasteiger partial charge in [0.05, 0.1) is 0 Å². The number of hydrogen-bond donors (Lipinski definition) is 2. The lowest BCUT2D eigenvalue weighted by Crippen LogP contribution is -2.38. The van der Waals surface area contributed by atoms with E-state index in [0.29, 0.717) is 12.1 Å². The number of hydrogen-bond acceptors (Lipinski definition) is 4. The van der Waals surface area contributed by atoms with Crippen LogP contribution in [0.4, 0.5) is 0 Å². The summed E-state index contributed by atoms with van der Waals surface area (Å²) in [7, 11) is 0. The highest BCUT2D eigenvalue weighted by molar-refractivity contribution is 5.75. The predicted octanol–water partition coefficient (Wildman–Crippen LogP) is -0.617. The summed E-state index contributed by atoms with van der Waals surface area (Å²) in [4.78, 5) is 23.6. The molecule has 0 saturated heterocycles. The van der Waals surface area contributed by atoms with Crippen molar-refractivity contribution in [1.82, 2.24) is 19.5 Å². The van der Waals surface area contributed by atoms with Crippen molar-refractivity contribution in [2.24, 2.45) is 0 Å². The van der Waals surface area contributed by atoms with Crippen LogP contribution in [0.15, 0.2) is 29.2 Å². The first-order valence-electron chi connectivity index (χ1n) is 6.06. The third-order valence-corrected chi connectivity index (χ3v) is 2.75. The number of aromatic nitrogens is 3.